The van der Waals surface area contributed by atoms with Crippen LogP contribution in [0.3, 0.4) is 0 Å². The Morgan fingerprint density at radius 2 is 1.70 bits per heavy atom. The van der Waals surface area contributed by atoms with Gasteiger partial charge in [0.2, 0.25) is 0 Å². The second kappa shape index (κ2) is 5.23. The maximum Gasteiger partial charge on any atom is 0.155 e. The molecule has 0 saturated carbocycles. The Morgan fingerprint density at radius 3 is 2.48 bits per heavy atom. The van der Waals surface area contributed by atoms with Crippen LogP contribution >= 0.6 is 0 Å². The first kappa shape index (κ1) is 14.0. The highest BCUT2D eigenvalue weighted by atomic mass is 15.5. The van der Waals surface area contributed by atoms with Gasteiger partial charge in [-0.25, -0.2) is 0 Å². The molecule has 0 spiro atoms. The SMILES string of the molecule is Cc1cc(C)cc(-n2nnc(-c3ccc4c(c3)CCC4)c2N)c1. The lowest BCUT2D eigenvalue weighted by atomic mass is 10.0. The van der Waals surface area contributed by atoms with Crippen molar-refractivity contribution < 1.29 is 0 Å². The Kier molecular flexibility index (Phi) is 3.18. The van der Waals surface area contributed by atoms with Gasteiger partial charge in [-0.2, -0.15) is 4.68 Å². The summed E-state index contributed by atoms with van der Waals surface area (Å²) < 4.78 is 1.72. The molecule has 4 rings (SSSR count). The highest BCUT2D eigenvalue weighted by Gasteiger charge is 2.17. The zero-order valence-electron chi connectivity index (χ0n) is 13.5. The van der Waals surface area contributed by atoms with Crippen molar-refractivity contribution in [2.75, 3.05) is 5.73 Å². The number of hydrogen-bond donors (Lipinski definition) is 1. The number of rotatable bonds is 2. The summed E-state index contributed by atoms with van der Waals surface area (Å²) in [6.45, 7) is 4.15. The largest absolute Gasteiger partial charge is 0.382 e. The molecule has 0 aliphatic heterocycles. The van der Waals surface area contributed by atoms with Gasteiger partial charge >= 0.3 is 0 Å². The molecule has 4 heteroatoms. The summed E-state index contributed by atoms with van der Waals surface area (Å²) in [5.74, 6) is 0.591. The van der Waals surface area contributed by atoms with Crippen LogP contribution in [0.5, 0.6) is 0 Å². The van der Waals surface area contributed by atoms with Gasteiger partial charge in [0.15, 0.2) is 5.82 Å². The van der Waals surface area contributed by atoms with Crippen molar-refractivity contribution in [3.05, 3.63) is 58.7 Å². The van der Waals surface area contributed by atoms with Gasteiger partial charge in [0.25, 0.3) is 0 Å². The molecular formula is C19H20N4. The van der Waals surface area contributed by atoms with E-state index < -0.39 is 0 Å². The molecule has 2 aromatic carbocycles. The van der Waals surface area contributed by atoms with Crippen LogP contribution in [0.4, 0.5) is 5.82 Å². The van der Waals surface area contributed by atoms with E-state index in [0.29, 0.717) is 5.82 Å². The molecule has 0 fully saturated rings. The summed E-state index contributed by atoms with van der Waals surface area (Å²) in [4.78, 5) is 0. The van der Waals surface area contributed by atoms with E-state index in [4.69, 9.17) is 5.73 Å². The van der Waals surface area contributed by atoms with Crippen LogP contribution in [0.25, 0.3) is 16.9 Å². The summed E-state index contributed by atoms with van der Waals surface area (Å²) in [7, 11) is 0. The molecule has 4 nitrogen and oxygen atoms in total. The first-order valence-electron chi connectivity index (χ1n) is 8.04. The normalized spacial score (nSPS) is 13.3. The molecule has 3 aromatic rings. The predicted octanol–water partition coefficient (Wildman–Crippen LogP) is 3.62. The summed E-state index contributed by atoms with van der Waals surface area (Å²) in [5, 5.41) is 8.61. The van der Waals surface area contributed by atoms with E-state index in [1.807, 2.05) is 0 Å². The Labute approximate surface area is 135 Å². The van der Waals surface area contributed by atoms with Crippen molar-refractivity contribution >= 4 is 5.82 Å². The zero-order chi connectivity index (χ0) is 16.0. The van der Waals surface area contributed by atoms with Gasteiger partial charge < -0.3 is 5.73 Å². The van der Waals surface area contributed by atoms with Crippen molar-refractivity contribution in [1.29, 1.82) is 0 Å². The van der Waals surface area contributed by atoms with Crippen molar-refractivity contribution in [2.24, 2.45) is 0 Å². The van der Waals surface area contributed by atoms with Crippen LogP contribution in [-0.4, -0.2) is 15.0 Å². The molecule has 0 unspecified atom stereocenters. The Balaban J connectivity index is 1.79. The molecule has 1 aromatic heterocycles. The summed E-state index contributed by atoms with van der Waals surface area (Å²) in [6, 6.07) is 12.8. The summed E-state index contributed by atoms with van der Waals surface area (Å²) in [5.41, 5.74) is 14.4. The lowest BCUT2D eigenvalue weighted by molar-refractivity contribution is 0.809. The number of nitrogens with two attached hydrogens (primary N) is 1. The third-order valence-corrected chi connectivity index (χ3v) is 4.53. The lowest BCUT2D eigenvalue weighted by Gasteiger charge is -2.07. The molecule has 1 aliphatic rings. The van der Waals surface area contributed by atoms with Gasteiger partial charge in [-0.05, 0) is 73.6 Å². The van der Waals surface area contributed by atoms with Crippen molar-refractivity contribution in [3.63, 3.8) is 0 Å². The van der Waals surface area contributed by atoms with E-state index in [1.165, 1.54) is 35.1 Å². The fraction of sp³-hybridized carbons (Fsp3) is 0.263. The first-order chi connectivity index (χ1) is 11.1. The smallest absolute Gasteiger partial charge is 0.155 e. The predicted molar refractivity (Wildman–Crippen MR) is 92.7 cm³/mol. The van der Waals surface area contributed by atoms with E-state index in [2.05, 4.69) is 60.6 Å². The van der Waals surface area contributed by atoms with Crippen molar-refractivity contribution in [3.8, 4) is 16.9 Å². The fourth-order valence-electron chi connectivity index (χ4n) is 3.48. The van der Waals surface area contributed by atoms with Gasteiger partial charge in [0.1, 0.15) is 5.69 Å². The van der Waals surface area contributed by atoms with Crippen LogP contribution in [0.1, 0.15) is 28.7 Å². The molecule has 1 aliphatic carbocycles. The molecule has 0 atom stereocenters. The number of fused-ring (bicyclic) bond motifs is 1. The molecule has 0 amide bonds. The number of aromatic nitrogens is 3. The van der Waals surface area contributed by atoms with E-state index in [0.717, 1.165) is 23.4 Å². The van der Waals surface area contributed by atoms with Crippen LogP contribution < -0.4 is 5.73 Å². The molecule has 1 heterocycles. The summed E-state index contributed by atoms with van der Waals surface area (Å²) >= 11 is 0. The number of aryl methyl sites for hydroxylation is 4. The van der Waals surface area contributed by atoms with Gasteiger partial charge in [-0.1, -0.05) is 23.4 Å². The number of anilines is 1. The molecule has 2 N–H and O–H groups in total. The Hall–Kier alpha value is -2.62. The highest BCUT2D eigenvalue weighted by molar-refractivity contribution is 5.72. The second-order valence-electron chi connectivity index (χ2n) is 6.42. The quantitative estimate of drug-likeness (QED) is 0.786. The zero-order valence-corrected chi connectivity index (χ0v) is 13.5. The van der Waals surface area contributed by atoms with Crippen LogP contribution in [0.15, 0.2) is 36.4 Å². The second-order valence-corrected chi connectivity index (χ2v) is 6.42. The van der Waals surface area contributed by atoms with E-state index >= 15 is 0 Å². The summed E-state index contributed by atoms with van der Waals surface area (Å²) in [6.07, 6.45) is 3.57. The average molecular weight is 304 g/mol. The third kappa shape index (κ3) is 2.40. The maximum absolute atomic E-state index is 6.35. The maximum atomic E-state index is 6.35. The molecule has 0 bridgehead atoms. The van der Waals surface area contributed by atoms with Crippen molar-refractivity contribution in [1.82, 2.24) is 15.0 Å². The number of benzene rings is 2. The van der Waals surface area contributed by atoms with Gasteiger partial charge in [0, 0.05) is 5.56 Å². The minimum Gasteiger partial charge on any atom is -0.382 e. The number of hydrogen-bond acceptors (Lipinski definition) is 3. The number of nitrogens with zero attached hydrogens (tertiary/aromatic N) is 3. The molecule has 116 valence electrons. The van der Waals surface area contributed by atoms with Crippen molar-refractivity contribution in [2.45, 2.75) is 33.1 Å². The van der Waals surface area contributed by atoms with E-state index in [9.17, 15) is 0 Å². The van der Waals surface area contributed by atoms with E-state index in [1.54, 1.807) is 4.68 Å². The highest BCUT2D eigenvalue weighted by Crippen LogP contribution is 2.30. The van der Waals surface area contributed by atoms with Gasteiger partial charge in [0.05, 0.1) is 5.69 Å². The minimum absolute atomic E-state index is 0.591. The Morgan fingerprint density at radius 1 is 0.957 bits per heavy atom. The molecule has 0 saturated heterocycles. The van der Waals surface area contributed by atoms with Crippen LogP contribution in [0, 0.1) is 13.8 Å². The third-order valence-electron chi connectivity index (χ3n) is 4.53. The topological polar surface area (TPSA) is 56.7 Å². The van der Waals surface area contributed by atoms with Crippen LogP contribution in [-0.2, 0) is 12.8 Å². The monoisotopic (exact) mass is 304 g/mol. The lowest BCUT2D eigenvalue weighted by Crippen LogP contribution is -2.03. The molecular weight excluding hydrogens is 284 g/mol. The number of nitrogen functional groups attached to an aromatic ring is 1. The standard InChI is InChI=1S/C19H20N4/c1-12-8-13(2)10-17(9-12)23-19(20)18(21-22-23)16-7-6-14-4-3-5-15(14)11-16/h6-11H,3-5,20H2,1-2H3. The van der Waals surface area contributed by atoms with Gasteiger partial charge in [-0.3, -0.25) is 0 Å². The fourth-order valence-corrected chi connectivity index (χ4v) is 3.48. The average Bonchev–Trinajstić information content (AvgIpc) is 3.11. The molecule has 0 radical (unpaired) electrons. The Bertz CT molecular complexity index is 872. The van der Waals surface area contributed by atoms with Crippen LogP contribution in [0.2, 0.25) is 0 Å². The molecule has 23 heavy (non-hydrogen) atoms. The minimum atomic E-state index is 0.591. The van der Waals surface area contributed by atoms with E-state index in [-0.39, 0.29) is 0 Å². The first-order valence-corrected chi connectivity index (χ1v) is 8.04. The van der Waals surface area contributed by atoms with Gasteiger partial charge in [-0.15, -0.1) is 5.10 Å².